The van der Waals surface area contributed by atoms with Gasteiger partial charge in [0, 0.05) is 29.6 Å². The number of hydrogen-bond donors (Lipinski definition) is 1. The Bertz CT molecular complexity index is 1240. The topological polar surface area (TPSA) is 114 Å². The number of ketones is 1. The molecule has 1 amide bonds. The number of Topliss-reactive ketones (excluding diaryl/α,β-unsaturated/α-hetero) is 1. The van der Waals surface area contributed by atoms with E-state index in [9.17, 15) is 24.8 Å². The van der Waals surface area contributed by atoms with Crippen LogP contribution in [-0.4, -0.2) is 26.7 Å². The van der Waals surface area contributed by atoms with Crippen molar-refractivity contribution in [2.24, 2.45) is 0 Å². The Morgan fingerprint density at radius 3 is 2.52 bits per heavy atom. The summed E-state index contributed by atoms with van der Waals surface area (Å²) >= 11 is 0. The average molecular weight is 415 g/mol. The summed E-state index contributed by atoms with van der Waals surface area (Å²) in [6, 6.07) is 16.4. The summed E-state index contributed by atoms with van der Waals surface area (Å²) < 4.78 is 0. The monoisotopic (exact) mass is 415 g/mol. The fraction of sp³-hybridized carbons (Fsp3) is 0.0870. The van der Waals surface area contributed by atoms with E-state index < -0.39 is 28.4 Å². The molecule has 2 heterocycles. The minimum atomic E-state index is -0.984. The van der Waals surface area contributed by atoms with Crippen molar-refractivity contribution in [2.45, 2.75) is 13.0 Å². The molecule has 0 saturated carbocycles. The summed E-state index contributed by atoms with van der Waals surface area (Å²) in [5, 5.41) is 22.1. The van der Waals surface area contributed by atoms with E-state index in [1.165, 1.54) is 29.3 Å². The van der Waals surface area contributed by atoms with E-state index in [-0.39, 0.29) is 16.8 Å². The first kappa shape index (κ1) is 20.0. The number of amides is 1. The first-order valence-corrected chi connectivity index (χ1v) is 9.42. The highest BCUT2D eigenvalue weighted by Crippen LogP contribution is 2.41. The van der Waals surface area contributed by atoms with E-state index in [1.54, 1.807) is 36.4 Å². The largest absolute Gasteiger partial charge is 0.507 e. The maximum Gasteiger partial charge on any atom is 0.300 e. The maximum absolute atomic E-state index is 13.0. The van der Waals surface area contributed by atoms with E-state index in [0.29, 0.717) is 11.4 Å². The van der Waals surface area contributed by atoms with Crippen molar-refractivity contribution in [3.8, 4) is 0 Å². The van der Waals surface area contributed by atoms with Crippen LogP contribution in [0.5, 0.6) is 0 Å². The van der Waals surface area contributed by atoms with Crippen LogP contribution in [0.2, 0.25) is 0 Å². The summed E-state index contributed by atoms with van der Waals surface area (Å²) in [5.41, 5.74) is 1.40. The van der Waals surface area contributed by atoms with Gasteiger partial charge in [0.2, 0.25) is 0 Å². The molecule has 154 valence electrons. The number of nitro groups is 1. The van der Waals surface area contributed by atoms with Crippen LogP contribution in [0.4, 0.5) is 11.4 Å². The Hall–Kier alpha value is -4.33. The SMILES string of the molecule is Cc1cccc(N2C(=O)C(=O)/C(=C(\O)c3cccc([N+](=O)[O-])c3)C2c2ccccn2)c1. The van der Waals surface area contributed by atoms with Crippen LogP contribution < -0.4 is 4.90 Å². The number of pyridine rings is 1. The average Bonchev–Trinajstić information content (AvgIpc) is 3.04. The van der Waals surface area contributed by atoms with Crippen LogP contribution in [0.3, 0.4) is 0 Å². The first-order chi connectivity index (χ1) is 14.9. The van der Waals surface area contributed by atoms with E-state index in [1.807, 2.05) is 13.0 Å². The number of anilines is 1. The first-order valence-electron chi connectivity index (χ1n) is 9.42. The molecular weight excluding hydrogens is 398 g/mol. The van der Waals surface area contributed by atoms with Gasteiger partial charge in [-0.25, -0.2) is 0 Å². The fourth-order valence-electron chi connectivity index (χ4n) is 3.62. The van der Waals surface area contributed by atoms with Gasteiger partial charge in [0.05, 0.1) is 16.2 Å². The van der Waals surface area contributed by atoms with Crippen LogP contribution in [0.25, 0.3) is 5.76 Å². The van der Waals surface area contributed by atoms with Gasteiger partial charge in [0.15, 0.2) is 0 Å². The zero-order valence-corrected chi connectivity index (χ0v) is 16.4. The number of aliphatic hydroxyl groups is 1. The van der Waals surface area contributed by atoms with Crippen molar-refractivity contribution in [3.63, 3.8) is 0 Å². The maximum atomic E-state index is 13.0. The number of aryl methyl sites for hydroxylation is 1. The Morgan fingerprint density at radius 2 is 1.84 bits per heavy atom. The van der Waals surface area contributed by atoms with Crippen molar-refractivity contribution in [3.05, 3.63) is 105 Å². The predicted molar refractivity (Wildman–Crippen MR) is 113 cm³/mol. The molecule has 1 aliphatic rings. The lowest BCUT2D eigenvalue weighted by molar-refractivity contribution is -0.384. The molecule has 0 radical (unpaired) electrons. The third kappa shape index (κ3) is 3.55. The molecule has 2 aromatic carbocycles. The number of carbonyl (C=O) groups is 2. The number of rotatable bonds is 4. The number of aromatic nitrogens is 1. The number of non-ortho nitro benzene ring substituents is 1. The van der Waals surface area contributed by atoms with Gasteiger partial charge in [-0.15, -0.1) is 0 Å². The van der Waals surface area contributed by atoms with Gasteiger partial charge in [0.1, 0.15) is 11.8 Å². The molecule has 1 N–H and O–H groups in total. The number of aliphatic hydroxyl groups excluding tert-OH is 1. The Balaban J connectivity index is 1.95. The zero-order chi connectivity index (χ0) is 22.1. The molecule has 4 rings (SSSR count). The van der Waals surface area contributed by atoms with Crippen LogP contribution in [0.15, 0.2) is 78.5 Å². The quantitative estimate of drug-likeness (QED) is 0.227. The van der Waals surface area contributed by atoms with Gasteiger partial charge in [-0.1, -0.05) is 30.3 Å². The number of nitrogens with zero attached hydrogens (tertiary/aromatic N) is 3. The molecule has 8 heteroatoms. The summed E-state index contributed by atoms with van der Waals surface area (Å²) in [6.07, 6.45) is 1.53. The summed E-state index contributed by atoms with van der Waals surface area (Å²) in [6.45, 7) is 1.86. The molecule has 0 spiro atoms. The lowest BCUT2D eigenvalue weighted by Crippen LogP contribution is -2.29. The lowest BCUT2D eigenvalue weighted by Gasteiger charge is -2.24. The van der Waals surface area contributed by atoms with Gasteiger partial charge in [-0.2, -0.15) is 0 Å². The van der Waals surface area contributed by atoms with E-state index in [2.05, 4.69) is 4.98 Å². The molecule has 1 aliphatic heterocycles. The molecule has 0 aliphatic carbocycles. The van der Waals surface area contributed by atoms with Crippen LogP contribution in [0, 0.1) is 17.0 Å². The smallest absolute Gasteiger partial charge is 0.300 e. The highest BCUT2D eigenvalue weighted by atomic mass is 16.6. The normalized spacial score (nSPS) is 17.7. The number of hydrogen-bond acceptors (Lipinski definition) is 6. The third-order valence-electron chi connectivity index (χ3n) is 5.02. The molecule has 0 bridgehead atoms. The Labute approximate surface area is 177 Å². The van der Waals surface area contributed by atoms with E-state index in [0.717, 1.165) is 11.6 Å². The van der Waals surface area contributed by atoms with Crippen molar-refractivity contribution in [2.75, 3.05) is 4.90 Å². The van der Waals surface area contributed by atoms with Crippen molar-refractivity contribution >= 4 is 28.8 Å². The van der Waals surface area contributed by atoms with Gasteiger partial charge < -0.3 is 5.11 Å². The van der Waals surface area contributed by atoms with Crippen molar-refractivity contribution in [1.82, 2.24) is 4.98 Å². The predicted octanol–water partition coefficient (Wildman–Crippen LogP) is 3.92. The minimum absolute atomic E-state index is 0.0670. The zero-order valence-electron chi connectivity index (χ0n) is 16.4. The minimum Gasteiger partial charge on any atom is -0.507 e. The summed E-state index contributed by atoms with van der Waals surface area (Å²) in [4.78, 5) is 42.2. The molecule has 31 heavy (non-hydrogen) atoms. The molecule has 1 saturated heterocycles. The lowest BCUT2D eigenvalue weighted by atomic mass is 9.98. The second-order valence-corrected chi connectivity index (χ2v) is 7.07. The standard InChI is InChI=1S/C23H17N3O5/c1-14-6-4-8-16(12-14)25-20(18-10-2-3-11-24-18)19(22(28)23(25)29)21(27)15-7-5-9-17(13-15)26(30)31/h2-13,20,27H,1H3/b21-19-. The van der Waals surface area contributed by atoms with Crippen LogP contribution in [-0.2, 0) is 9.59 Å². The second kappa shape index (κ2) is 7.83. The van der Waals surface area contributed by atoms with Gasteiger partial charge >= 0.3 is 0 Å². The highest BCUT2D eigenvalue weighted by molar-refractivity contribution is 6.51. The highest BCUT2D eigenvalue weighted by Gasteiger charge is 2.47. The molecule has 1 unspecified atom stereocenters. The summed E-state index contributed by atoms with van der Waals surface area (Å²) in [7, 11) is 0. The third-order valence-corrected chi connectivity index (χ3v) is 5.02. The van der Waals surface area contributed by atoms with Crippen molar-refractivity contribution < 1.29 is 19.6 Å². The van der Waals surface area contributed by atoms with E-state index >= 15 is 0 Å². The molecule has 1 fully saturated rings. The van der Waals surface area contributed by atoms with Gasteiger partial charge in [0.25, 0.3) is 17.4 Å². The van der Waals surface area contributed by atoms with Gasteiger partial charge in [-0.3, -0.25) is 29.6 Å². The molecule has 1 atom stereocenters. The van der Waals surface area contributed by atoms with Gasteiger partial charge in [-0.05, 0) is 36.8 Å². The van der Waals surface area contributed by atoms with Crippen LogP contribution in [0.1, 0.15) is 22.9 Å². The fourth-order valence-corrected chi connectivity index (χ4v) is 3.62. The molecule has 8 nitrogen and oxygen atoms in total. The number of benzene rings is 2. The second-order valence-electron chi connectivity index (χ2n) is 7.07. The number of carbonyl (C=O) groups excluding carboxylic acids is 2. The Kier molecular flexibility index (Phi) is 5.04. The molecule has 1 aromatic heterocycles. The van der Waals surface area contributed by atoms with E-state index in [4.69, 9.17) is 0 Å². The number of nitro benzene ring substituents is 1. The molecule has 3 aromatic rings. The Morgan fingerprint density at radius 1 is 1.06 bits per heavy atom. The summed E-state index contributed by atoms with van der Waals surface area (Å²) in [5.74, 6) is -2.19. The van der Waals surface area contributed by atoms with Crippen molar-refractivity contribution in [1.29, 1.82) is 0 Å². The molecular formula is C23H17N3O5. The van der Waals surface area contributed by atoms with Crippen LogP contribution >= 0.6 is 0 Å².